The average molecular weight is 220 g/mol. The zero-order valence-electron chi connectivity index (χ0n) is 10.2. The highest BCUT2D eigenvalue weighted by Crippen LogP contribution is 2.30. The smallest absolute Gasteiger partial charge is 0.161 e. The molecule has 0 unspecified atom stereocenters. The Morgan fingerprint density at radius 2 is 1.94 bits per heavy atom. The number of ether oxygens (including phenoxy) is 2. The van der Waals surface area contributed by atoms with E-state index in [1.165, 1.54) is 31.2 Å². The van der Waals surface area contributed by atoms with Crippen molar-refractivity contribution in [2.45, 2.75) is 32.6 Å². The zero-order valence-corrected chi connectivity index (χ0v) is 10.2. The van der Waals surface area contributed by atoms with Crippen molar-refractivity contribution in [3.05, 3.63) is 23.8 Å². The summed E-state index contributed by atoms with van der Waals surface area (Å²) >= 11 is 0. The van der Waals surface area contributed by atoms with E-state index in [-0.39, 0.29) is 0 Å². The third-order valence-corrected chi connectivity index (χ3v) is 3.27. The maximum absolute atomic E-state index is 5.84. The first kappa shape index (κ1) is 11.3. The molecule has 0 saturated heterocycles. The summed E-state index contributed by atoms with van der Waals surface area (Å²) < 4.78 is 11.2. The summed E-state index contributed by atoms with van der Waals surface area (Å²) in [4.78, 5) is 0. The van der Waals surface area contributed by atoms with Crippen LogP contribution in [0.3, 0.4) is 0 Å². The van der Waals surface area contributed by atoms with Crippen molar-refractivity contribution in [3.8, 4) is 11.5 Å². The molecule has 0 amide bonds. The SMILES string of the molecule is COc1cc(C)ccc1OCC1CCCC1. The largest absolute Gasteiger partial charge is 0.493 e. The fourth-order valence-electron chi connectivity index (χ4n) is 2.28. The molecule has 1 aromatic carbocycles. The lowest BCUT2D eigenvalue weighted by atomic mass is 10.1. The van der Waals surface area contributed by atoms with E-state index in [2.05, 4.69) is 13.0 Å². The predicted octanol–water partition coefficient (Wildman–Crippen LogP) is 3.57. The molecule has 0 bridgehead atoms. The lowest BCUT2D eigenvalue weighted by Gasteiger charge is -2.14. The van der Waals surface area contributed by atoms with Crippen molar-refractivity contribution in [1.82, 2.24) is 0 Å². The van der Waals surface area contributed by atoms with E-state index in [0.29, 0.717) is 0 Å². The molecule has 16 heavy (non-hydrogen) atoms. The van der Waals surface area contributed by atoms with Crippen molar-refractivity contribution < 1.29 is 9.47 Å². The molecule has 0 radical (unpaired) electrons. The highest BCUT2D eigenvalue weighted by Gasteiger charge is 2.16. The fourth-order valence-corrected chi connectivity index (χ4v) is 2.28. The first-order valence-corrected chi connectivity index (χ1v) is 6.07. The van der Waals surface area contributed by atoms with Crippen molar-refractivity contribution in [3.63, 3.8) is 0 Å². The van der Waals surface area contributed by atoms with Crippen LogP contribution in [-0.2, 0) is 0 Å². The summed E-state index contributed by atoms with van der Waals surface area (Å²) in [7, 11) is 1.69. The van der Waals surface area contributed by atoms with Crippen LogP contribution in [0.25, 0.3) is 0 Å². The Kier molecular flexibility index (Phi) is 3.70. The van der Waals surface area contributed by atoms with Crippen molar-refractivity contribution in [2.24, 2.45) is 5.92 Å². The van der Waals surface area contributed by atoms with Gasteiger partial charge in [0.1, 0.15) is 0 Å². The maximum atomic E-state index is 5.84. The van der Waals surface area contributed by atoms with Gasteiger partial charge in [-0.2, -0.15) is 0 Å². The summed E-state index contributed by atoms with van der Waals surface area (Å²) in [5.41, 5.74) is 1.20. The van der Waals surface area contributed by atoms with Gasteiger partial charge < -0.3 is 9.47 Å². The molecular formula is C14H20O2. The molecule has 2 nitrogen and oxygen atoms in total. The van der Waals surface area contributed by atoms with Crippen LogP contribution in [-0.4, -0.2) is 13.7 Å². The number of aryl methyl sites for hydroxylation is 1. The van der Waals surface area contributed by atoms with Crippen LogP contribution in [0.2, 0.25) is 0 Å². The van der Waals surface area contributed by atoms with Gasteiger partial charge in [0.25, 0.3) is 0 Å². The first-order valence-electron chi connectivity index (χ1n) is 6.07. The molecule has 1 aliphatic carbocycles. The number of hydrogen-bond acceptors (Lipinski definition) is 2. The van der Waals surface area contributed by atoms with E-state index in [1.807, 2.05) is 12.1 Å². The van der Waals surface area contributed by atoms with Crippen LogP contribution < -0.4 is 9.47 Å². The molecule has 1 fully saturated rings. The summed E-state index contributed by atoms with van der Waals surface area (Å²) in [5, 5.41) is 0. The molecule has 0 atom stereocenters. The van der Waals surface area contributed by atoms with Crippen molar-refractivity contribution in [1.29, 1.82) is 0 Å². The minimum absolute atomic E-state index is 0.742. The van der Waals surface area contributed by atoms with Gasteiger partial charge in [-0.15, -0.1) is 0 Å². The van der Waals surface area contributed by atoms with E-state index >= 15 is 0 Å². The Morgan fingerprint density at radius 3 is 2.62 bits per heavy atom. The third kappa shape index (κ3) is 2.69. The third-order valence-electron chi connectivity index (χ3n) is 3.27. The van der Waals surface area contributed by atoms with Crippen molar-refractivity contribution >= 4 is 0 Å². The molecule has 0 spiro atoms. The Bertz CT molecular complexity index is 341. The number of benzene rings is 1. The van der Waals surface area contributed by atoms with Gasteiger partial charge >= 0.3 is 0 Å². The normalized spacial score (nSPS) is 16.4. The molecule has 1 saturated carbocycles. The Balaban J connectivity index is 1.97. The van der Waals surface area contributed by atoms with E-state index < -0.39 is 0 Å². The zero-order chi connectivity index (χ0) is 11.4. The fraction of sp³-hybridized carbons (Fsp3) is 0.571. The summed E-state index contributed by atoms with van der Waals surface area (Å²) in [6.45, 7) is 2.89. The van der Waals surface area contributed by atoms with Crippen LogP contribution in [0.1, 0.15) is 31.2 Å². The predicted molar refractivity (Wildman–Crippen MR) is 65.2 cm³/mol. The van der Waals surface area contributed by atoms with Crippen molar-refractivity contribution in [2.75, 3.05) is 13.7 Å². The van der Waals surface area contributed by atoms with Gasteiger partial charge in [0.2, 0.25) is 0 Å². The summed E-state index contributed by atoms with van der Waals surface area (Å²) in [6.07, 6.45) is 5.35. The van der Waals surface area contributed by atoms with E-state index in [1.54, 1.807) is 7.11 Å². The second-order valence-corrected chi connectivity index (χ2v) is 4.62. The second-order valence-electron chi connectivity index (χ2n) is 4.62. The molecule has 0 aliphatic heterocycles. The van der Waals surface area contributed by atoms with Crippen LogP contribution in [0.5, 0.6) is 11.5 Å². The van der Waals surface area contributed by atoms with Gasteiger partial charge in [0, 0.05) is 0 Å². The first-order chi connectivity index (χ1) is 7.79. The van der Waals surface area contributed by atoms with Crippen LogP contribution in [0.15, 0.2) is 18.2 Å². The number of methoxy groups -OCH3 is 1. The highest BCUT2D eigenvalue weighted by atomic mass is 16.5. The quantitative estimate of drug-likeness (QED) is 0.772. The molecule has 88 valence electrons. The lowest BCUT2D eigenvalue weighted by molar-refractivity contribution is 0.240. The second kappa shape index (κ2) is 5.24. The van der Waals surface area contributed by atoms with Gasteiger partial charge in [0.05, 0.1) is 13.7 Å². The molecule has 1 aliphatic rings. The monoisotopic (exact) mass is 220 g/mol. The Labute approximate surface area is 97.6 Å². The standard InChI is InChI=1S/C14H20O2/c1-11-7-8-13(14(9-11)15-2)16-10-12-5-3-4-6-12/h7-9,12H,3-6,10H2,1-2H3. The van der Waals surface area contributed by atoms with E-state index in [4.69, 9.17) is 9.47 Å². The van der Waals surface area contributed by atoms with Crippen LogP contribution >= 0.6 is 0 Å². The molecule has 0 aromatic heterocycles. The maximum Gasteiger partial charge on any atom is 0.161 e. The van der Waals surface area contributed by atoms with Gasteiger partial charge in [-0.05, 0) is 43.4 Å². The molecular weight excluding hydrogens is 200 g/mol. The Morgan fingerprint density at radius 1 is 1.19 bits per heavy atom. The lowest BCUT2D eigenvalue weighted by Crippen LogP contribution is -2.08. The topological polar surface area (TPSA) is 18.5 Å². The highest BCUT2D eigenvalue weighted by molar-refractivity contribution is 5.42. The van der Waals surface area contributed by atoms with Gasteiger partial charge in [-0.25, -0.2) is 0 Å². The number of rotatable bonds is 4. The van der Waals surface area contributed by atoms with Crippen LogP contribution in [0, 0.1) is 12.8 Å². The Hall–Kier alpha value is -1.18. The minimum Gasteiger partial charge on any atom is -0.493 e. The molecule has 1 aromatic rings. The molecule has 0 heterocycles. The summed E-state index contributed by atoms with van der Waals surface area (Å²) in [6, 6.07) is 6.08. The number of hydrogen-bond donors (Lipinski definition) is 0. The van der Waals surface area contributed by atoms with Gasteiger partial charge in [-0.3, -0.25) is 0 Å². The van der Waals surface area contributed by atoms with Crippen LogP contribution in [0.4, 0.5) is 0 Å². The average Bonchev–Trinajstić information content (AvgIpc) is 2.80. The van der Waals surface area contributed by atoms with Gasteiger partial charge in [0.15, 0.2) is 11.5 Å². The molecule has 0 N–H and O–H groups in total. The van der Waals surface area contributed by atoms with E-state index in [0.717, 1.165) is 24.0 Å². The molecule has 2 heteroatoms. The molecule has 2 rings (SSSR count). The van der Waals surface area contributed by atoms with E-state index in [9.17, 15) is 0 Å². The van der Waals surface area contributed by atoms with Gasteiger partial charge in [-0.1, -0.05) is 18.9 Å². The summed E-state index contributed by atoms with van der Waals surface area (Å²) in [5.74, 6) is 2.46. The minimum atomic E-state index is 0.742.